The number of carbonyl (C=O) groups is 1. The van der Waals surface area contributed by atoms with Crippen molar-refractivity contribution in [2.45, 2.75) is 26.7 Å². The number of rotatable bonds is 2. The van der Waals surface area contributed by atoms with Crippen LogP contribution in [0.2, 0.25) is 0 Å². The molecule has 0 fully saturated rings. The maximum atomic E-state index is 12.5. The molecule has 0 saturated carbocycles. The van der Waals surface area contributed by atoms with Crippen molar-refractivity contribution in [2.24, 2.45) is 5.92 Å². The first-order valence-electron chi connectivity index (χ1n) is 7.18. The molecule has 0 heterocycles. The van der Waals surface area contributed by atoms with E-state index in [2.05, 4.69) is 39.4 Å². The van der Waals surface area contributed by atoms with Gasteiger partial charge < -0.3 is 5.32 Å². The Hall–Kier alpha value is -1.61. The van der Waals surface area contributed by atoms with E-state index in [0.29, 0.717) is 0 Å². The highest BCUT2D eigenvalue weighted by Gasteiger charge is 2.27. The van der Waals surface area contributed by atoms with Crippen LogP contribution in [0.5, 0.6) is 0 Å². The molecular weight excluding hydrogens is 326 g/mol. The molecular formula is C18H18BrNO. The Labute approximate surface area is 133 Å². The molecule has 0 aromatic heterocycles. The summed E-state index contributed by atoms with van der Waals surface area (Å²) in [5.74, 6) is 0.158. The molecule has 1 N–H and O–H groups in total. The largest absolute Gasteiger partial charge is 0.326 e. The van der Waals surface area contributed by atoms with Crippen LogP contribution in [0.3, 0.4) is 0 Å². The minimum atomic E-state index is 0.0363. The smallest absolute Gasteiger partial charge is 0.228 e. The van der Waals surface area contributed by atoms with Crippen LogP contribution in [0.1, 0.15) is 22.3 Å². The van der Waals surface area contributed by atoms with E-state index in [9.17, 15) is 4.79 Å². The molecule has 0 spiro atoms. The minimum Gasteiger partial charge on any atom is -0.326 e. The van der Waals surface area contributed by atoms with E-state index in [0.717, 1.165) is 34.1 Å². The van der Waals surface area contributed by atoms with Crippen molar-refractivity contribution in [3.63, 3.8) is 0 Å². The number of hydrogen-bond donors (Lipinski definition) is 1. The van der Waals surface area contributed by atoms with Gasteiger partial charge in [-0.3, -0.25) is 4.79 Å². The second-order valence-electron chi connectivity index (χ2n) is 5.83. The Morgan fingerprint density at radius 3 is 2.67 bits per heavy atom. The standard InChI is InChI=1S/C18H18BrNO/c1-11-3-4-12(2)17(7-11)20-18(21)15-8-13-5-6-16(19)10-14(13)9-15/h3-7,10,15H,8-9H2,1-2H3,(H,20,21). The SMILES string of the molecule is Cc1ccc(C)c(NC(=O)C2Cc3ccc(Br)cc3C2)c1. The summed E-state index contributed by atoms with van der Waals surface area (Å²) in [5.41, 5.74) is 5.77. The highest BCUT2D eigenvalue weighted by atomic mass is 79.9. The monoisotopic (exact) mass is 343 g/mol. The Kier molecular flexibility index (Phi) is 3.85. The van der Waals surface area contributed by atoms with Crippen molar-refractivity contribution in [3.8, 4) is 0 Å². The van der Waals surface area contributed by atoms with Gasteiger partial charge in [0.25, 0.3) is 0 Å². The van der Waals surface area contributed by atoms with Crippen LogP contribution >= 0.6 is 15.9 Å². The Morgan fingerprint density at radius 2 is 1.86 bits per heavy atom. The predicted molar refractivity (Wildman–Crippen MR) is 89.6 cm³/mol. The van der Waals surface area contributed by atoms with Crippen LogP contribution in [0, 0.1) is 19.8 Å². The zero-order chi connectivity index (χ0) is 15.0. The number of hydrogen-bond acceptors (Lipinski definition) is 1. The van der Waals surface area contributed by atoms with E-state index >= 15 is 0 Å². The molecule has 1 aliphatic carbocycles. The number of nitrogens with one attached hydrogen (secondary N) is 1. The number of carbonyl (C=O) groups excluding carboxylic acids is 1. The molecule has 3 rings (SSSR count). The summed E-state index contributed by atoms with van der Waals surface area (Å²) in [4.78, 5) is 12.5. The second-order valence-corrected chi connectivity index (χ2v) is 6.74. The molecule has 0 saturated heterocycles. The van der Waals surface area contributed by atoms with Crippen LogP contribution < -0.4 is 5.32 Å². The third-order valence-electron chi connectivity index (χ3n) is 4.12. The molecule has 108 valence electrons. The van der Waals surface area contributed by atoms with Gasteiger partial charge in [0.2, 0.25) is 5.91 Å². The van der Waals surface area contributed by atoms with E-state index in [1.54, 1.807) is 0 Å². The van der Waals surface area contributed by atoms with Gasteiger partial charge in [0, 0.05) is 16.1 Å². The summed E-state index contributed by atoms with van der Waals surface area (Å²) in [6.07, 6.45) is 1.66. The Balaban J connectivity index is 1.74. The summed E-state index contributed by atoms with van der Waals surface area (Å²) in [7, 11) is 0. The van der Waals surface area contributed by atoms with Gasteiger partial charge in [-0.1, -0.05) is 34.1 Å². The van der Waals surface area contributed by atoms with Crippen molar-refractivity contribution in [2.75, 3.05) is 5.32 Å². The maximum Gasteiger partial charge on any atom is 0.228 e. The first-order chi connectivity index (χ1) is 10.0. The highest BCUT2D eigenvalue weighted by molar-refractivity contribution is 9.10. The fourth-order valence-corrected chi connectivity index (χ4v) is 3.29. The van der Waals surface area contributed by atoms with Gasteiger partial charge in [-0.25, -0.2) is 0 Å². The van der Waals surface area contributed by atoms with Crippen molar-refractivity contribution in [3.05, 3.63) is 63.1 Å². The summed E-state index contributed by atoms with van der Waals surface area (Å²) in [5, 5.41) is 3.09. The fraction of sp³-hybridized carbons (Fsp3) is 0.278. The Morgan fingerprint density at radius 1 is 1.10 bits per heavy atom. The van der Waals surface area contributed by atoms with Crippen LogP contribution in [0.25, 0.3) is 0 Å². The quantitative estimate of drug-likeness (QED) is 0.859. The second kappa shape index (κ2) is 5.64. The molecule has 3 heteroatoms. The molecule has 2 nitrogen and oxygen atoms in total. The number of benzene rings is 2. The zero-order valence-electron chi connectivity index (χ0n) is 12.2. The van der Waals surface area contributed by atoms with Gasteiger partial charge in [0.05, 0.1) is 0 Å². The first kappa shape index (κ1) is 14.3. The average Bonchev–Trinajstić information content (AvgIpc) is 2.86. The van der Waals surface area contributed by atoms with Crippen molar-refractivity contribution in [1.29, 1.82) is 0 Å². The third-order valence-corrected chi connectivity index (χ3v) is 4.62. The highest BCUT2D eigenvalue weighted by Crippen LogP contribution is 2.30. The van der Waals surface area contributed by atoms with Gasteiger partial charge in [0.15, 0.2) is 0 Å². The van der Waals surface area contributed by atoms with Crippen molar-refractivity contribution in [1.82, 2.24) is 0 Å². The zero-order valence-corrected chi connectivity index (χ0v) is 13.8. The summed E-state index contributed by atoms with van der Waals surface area (Å²) in [6.45, 7) is 4.06. The normalized spacial score (nSPS) is 16.6. The molecule has 1 amide bonds. The van der Waals surface area contributed by atoms with Crippen molar-refractivity contribution >= 4 is 27.5 Å². The molecule has 0 bridgehead atoms. The van der Waals surface area contributed by atoms with Crippen molar-refractivity contribution < 1.29 is 4.79 Å². The maximum absolute atomic E-state index is 12.5. The topological polar surface area (TPSA) is 29.1 Å². The average molecular weight is 344 g/mol. The molecule has 0 aliphatic heterocycles. The predicted octanol–water partition coefficient (Wildman–Crippen LogP) is 4.42. The fourth-order valence-electron chi connectivity index (χ4n) is 2.88. The number of aryl methyl sites for hydroxylation is 2. The summed E-state index contributed by atoms with van der Waals surface area (Å²) < 4.78 is 1.08. The van der Waals surface area contributed by atoms with Gasteiger partial charge in [0.1, 0.15) is 0 Å². The number of halogens is 1. The van der Waals surface area contributed by atoms with Gasteiger partial charge >= 0.3 is 0 Å². The molecule has 2 aromatic rings. The lowest BCUT2D eigenvalue weighted by atomic mass is 10.0. The molecule has 1 unspecified atom stereocenters. The summed E-state index contributed by atoms with van der Waals surface area (Å²) in [6, 6.07) is 12.4. The van der Waals surface area contributed by atoms with E-state index in [4.69, 9.17) is 0 Å². The van der Waals surface area contributed by atoms with Crippen LogP contribution in [0.15, 0.2) is 40.9 Å². The number of anilines is 1. The number of amides is 1. The molecule has 21 heavy (non-hydrogen) atoms. The lowest BCUT2D eigenvalue weighted by molar-refractivity contribution is -0.119. The van der Waals surface area contributed by atoms with E-state index < -0.39 is 0 Å². The van der Waals surface area contributed by atoms with E-state index in [1.165, 1.54) is 11.1 Å². The minimum absolute atomic E-state index is 0.0363. The van der Waals surface area contributed by atoms with Crippen LogP contribution in [-0.4, -0.2) is 5.91 Å². The van der Waals surface area contributed by atoms with E-state index in [-0.39, 0.29) is 11.8 Å². The van der Waals surface area contributed by atoms with Gasteiger partial charge in [-0.2, -0.15) is 0 Å². The lowest BCUT2D eigenvalue weighted by Crippen LogP contribution is -2.23. The molecule has 0 radical (unpaired) electrons. The molecule has 1 atom stereocenters. The third kappa shape index (κ3) is 3.03. The molecule has 1 aliphatic rings. The Bertz CT molecular complexity index is 708. The van der Waals surface area contributed by atoms with Gasteiger partial charge in [-0.05, 0) is 67.1 Å². The van der Waals surface area contributed by atoms with Gasteiger partial charge in [-0.15, -0.1) is 0 Å². The summed E-state index contributed by atoms with van der Waals surface area (Å²) >= 11 is 3.49. The first-order valence-corrected chi connectivity index (χ1v) is 7.97. The lowest BCUT2D eigenvalue weighted by Gasteiger charge is -2.13. The van der Waals surface area contributed by atoms with Crippen LogP contribution in [0.4, 0.5) is 5.69 Å². The molecule has 2 aromatic carbocycles. The van der Waals surface area contributed by atoms with Crippen LogP contribution in [-0.2, 0) is 17.6 Å². The number of fused-ring (bicyclic) bond motifs is 1. The van der Waals surface area contributed by atoms with E-state index in [1.807, 2.05) is 32.0 Å².